The number of rotatable bonds is 8. The van der Waals surface area contributed by atoms with Gasteiger partial charge in [0, 0.05) is 58.2 Å². The van der Waals surface area contributed by atoms with Crippen LogP contribution in [0.3, 0.4) is 0 Å². The van der Waals surface area contributed by atoms with E-state index in [0.29, 0.717) is 5.71 Å². The summed E-state index contributed by atoms with van der Waals surface area (Å²) in [4.78, 5) is 21.3. The third-order valence-electron chi connectivity index (χ3n) is 10.3. The SMILES string of the molecule is CCC(C)(CC)C(=O)/C=C(\O)C(C)(CC)CC.Cc1csc2cc3c(cc12)oc1ncnc(-c2[c-]c4ccsc4c(C(C)(C)C)c2)c13.[Ir]. The predicted octanol–water partition coefficient (Wildman–Crippen LogP) is 12.5. The number of thiophene rings is 2. The van der Waals surface area contributed by atoms with Crippen LogP contribution in [0.15, 0.2) is 57.6 Å². The van der Waals surface area contributed by atoms with Crippen molar-refractivity contribution in [1.82, 2.24) is 9.97 Å². The molecule has 4 aromatic heterocycles. The quantitative estimate of drug-likeness (QED) is 0.0937. The van der Waals surface area contributed by atoms with Crippen molar-refractivity contribution in [3.8, 4) is 11.3 Å². The Hall–Kier alpha value is -2.90. The van der Waals surface area contributed by atoms with E-state index >= 15 is 0 Å². The summed E-state index contributed by atoms with van der Waals surface area (Å²) in [5.74, 6) is 0.286. The first kappa shape index (κ1) is 37.9. The molecule has 4 heterocycles. The predicted molar refractivity (Wildman–Crippen MR) is 201 cm³/mol. The van der Waals surface area contributed by atoms with Crippen LogP contribution in [0, 0.1) is 23.8 Å². The van der Waals surface area contributed by atoms with Crippen molar-refractivity contribution in [2.24, 2.45) is 10.8 Å². The van der Waals surface area contributed by atoms with E-state index in [2.05, 4.69) is 73.8 Å². The Morgan fingerprint density at radius 3 is 2.23 bits per heavy atom. The van der Waals surface area contributed by atoms with E-state index in [9.17, 15) is 9.90 Å². The second kappa shape index (κ2) is 14.5. The standard InChI is InChI=1S/C25H19N2OS2.C15H28O2.Ir/c1-13-11-30-20-10-17-19(9-16(13)20)28-24-21(17)22(26-12-27-24)15-7-14-5-6-29-23(14)18(8-15)25(2,3)4;1-7-14(5,8-2)12(16)11-13(17)15(6,9-3)10-4;/h5-6,8-12H,1-4H3;11,16H,7-10H2,1-6H3;/q-1;;/b;12-11-;. The van der Waals surface area contributed by atoms with Gasteiger partial charge in [0.15, 0.2) is 5.78 Å². The molecule has 0 fully saturated rings. The Morgan fingerprint density at radius 1 is 0.938 bits per heavy atom. The molecule has 6 rings (SSSR count). The molecule has 6 aromatic rings. The van der Waals surface area contributed by atoms with Gasteiger partial charge in [-0.25, -0.2) is 4.98 Å². The number of carbonyl (C=O) groups excluding carboxylic acids is 1. The van der Waals surface area contributed by atoms with Gasteiger partial charge in [-0.05, 0) is 76.6 Å². The number of aromatic nitrogens is 2. The fourth-order valence-corrected chi connectivity index (χ4v) is 7.88. The Balaban J connectivity index is 0.000000251. The molecule has 8 heteroatoms. The second-order valence-corrected chi connectivity index (χ2v) is 16.0. The number of hydrogen-bond acceptors (Lipinski definition) is 7. The summed E-state index contributed by atoms with van der Waals surface area (Å²) in [5.41, 5.74) is 5.36. The fraction of sp³-hybridized carbons (Fsp3) is 0.425. The minimum absolute atomic E-state index is 0. The maximum Gasteiger partial charge on any atom is 0.223 e. The largest absolute Gasteiger partial charge is 0.512 e. The number of allylic oxidation sites excluding steroid dienone is 2. The smallest absolute Gasteiger partial charge is 0.223 e. The van der Waals surface area contributed by atoms with Crippen LogP contribution in [-0.4, -0.2) is 20.9 Å². The molecule has 0 saturated heterocycles. The van der Waals surface area contributed by atoms with Gasteiger partial charge in [0.1, 0.15) is 17.7 Å². The van der Waals surface area contributed by atoms with Crippen molar-refractivity contribution in [2.75, 3.05) is 0 Å². The van der Waals surface area contributed by atoms with E-state index in [1.807, 2.05) is 41.5 Å². The van der Waals surface area contributed by atoms with Crippen molar-refractivity contribution in [3.05, 3.63) is 70.4 Å². The zero-order valence-corrected chi connectivity index (χ0v) is 33.8. The van der Waals surface area contributed by atoms with Crippen molar-refractivity contribution in [2.45, 2.75) is 100 Å². The summed E-state index contributed by atoms with van der Waals surface area (Å²) in [7, 11) is 0. The van der Waals surface area contributed by atoms with Crippen molar-refractivity contribution < 1.29 is 34.4 Å². The number of ketones is 1. The van der Waals surface area contributed by atoms with E-state index in [1.165, 1.54) is 32.0 Å². The van der Waals surface area contributed by atoms with Crippen LogP contribution in [0.4, 0.5) is 0 Å². The molecule has 5 nitrogen and oxygen atoms in total. The van der Waals surface area contributed by atoms with E-state index in [-0.39, 0.29) is 47.9 Å². The van der Waals surface area contributed by atoms with Crippen LogP contribution in [0.1, 0.15) is 99.1 Å². The fourth-order valence-electron chi connectivity index (χ4n) is 5.83. The van der Waals surface area contributed by atoms with Gasteiger partial charge < -0.3 is 9.52 Å². The number of aliphatic hydroxyl groups excluding tert-OH is 1. The number of aliphatic hydroxyl groups is 1. The van der Waals surface area contributed by atoms with Gasteiger partial charge in [-0.3, -0.25) is 9.78 Å². The summed E-state index contributed by atoms with van der Waals surface area (Å²) >= 11 is 3.54. The van der Waals surface area contributed by atoms with Gasteiger partial charge in [0.25, 0.3) is 0 Å². The van der Waals surface area contributed by atoms with Gasteiger partial charge >= 0.3 is 0 Å². The second-order valence-electron chi connectivity index (χ2n) is 14.2. The van der Waals surface area contributed by atoms with Crippen molar-refractivity contribution >= 4 is 70.7 Å². The third-order valence-corrected chi connectivity index (χ3v) is 12.3. The summed E-state index contributed by atoms with van der Waals surface area (Å²) < 4.78 is 8.71. The molecule has 0 aliphatic rings. The van der Waals surface area contributed by atoms with Crippen LogP contribution in [-0.2, 0) is 30.3 Å². The maximum atomic E-state index is 12.2. The number of nitrogens with zero attached hydrogens (tertiary/aromatic N) is 2. The molecule has 0 saturated carbocycles. The minimum atomic E-state index is -0.337. The van der Waals surface area contributed by atoms with Crippen LogP contribution >= 0.6 is 22.7 Å². The zero-order chi connectivity index (χ0) is 34.3. The Labute approximate surface area is 306 Å². The van der Waals surface area contributed by atoms with Gasteiger partial charge in [0.05, 0.1) is 0 Å². The first-order chi connectivity index (χ1) is 22.2. The third kappa shape index (κ3) is 7.05. The molecule has 0 atom stereocenters. The van der Waals surface area contributed by atoms with Crippen molar-refractivity contribution in [1.29, 1.82) is 0 Å². The molecule has 2 aromatic carbocycles. The number of aryl methyl sites for hydroxylation is 1. The van der Waals surface area contributed by atoms with Gasteiger partial charge in [-0.1, -0.05) is 73.4 Å². The first-order valence-corrected chi connectivity index (χ1v) is 18.4. The molecule has 257 valence electrons. The molecule has 48 heavy (non-hydrogen) atoms. The van der Waals surface area contributed by atoms with E-state index in [0.717, 1.165) is 58.7 Å². The Morgan fingerprint density at radius 2 is 1.60 bits per heavy atom. The summed E-state index contributed by atoms with van der Waals surface area (Å²) in [6.07, 6.45) is 6.35. The molecule has 1 radical (unpaired) electrons. The molecular weight excluding hydrogens is 813 g/mol. The molecule has 0 aliphatic heterocycles. The number of benzene rings is 2. The molecule has 0 spiro atoms. The Bertz CT molecular complexity index is 2100. The monoisotopic (exact) mass is 860 g/mol. The summed E-state index contributed by atoms with van der Waals surface area (Å²) in [6, 6.07) is 12.3. The van der Waals surface area contributed by atoms with Crippen LogP contribution < -0.4 is 0 Å². The van der Waals surface area contributed by atoms with Crippen LogP contribution in [0.25, 0.3) is 53.5 Å². The number of furan rings is 1. The molecular formula is C40H47IrN2O3S2-. The Kier molecular flexibility index (Phi) is 11.5. The summed E-state index contributed by atoms with van der Waals surface area (Å²) in [6.45, 7) is 21.0. The number of hydrogen-bond donors (Lipinski definition) is 1. The molecule has 0 aliphatic carbocycles. The van der Waals surface area contributed by atoms with Gasteiger partial charge in [0.2, 0.25) is 5.71 Å². The van der Waals surface area contributed by atoms with Crippen LogP contribution in [0.5, 0.6) is 0 Å². The topological polar surface area (TPSA) is 76.2 Å². The molecule has 0 amide bonds. The number of carbonyl (C=O) groups is 1. The van der Waals surface area contributed by atoms with E-state index in [1.54, 1.807) is 29.0 Å². The van der Waals surface area contributed by atoms with E-state index < -0.39 is 0 Å². The zero-order valence-electron chi connectivity index (χ0n) is 29.8. The molecule has 0 unspecified atom stereocenters. The first-order valence-electron chi connectivity index (χ1n) is 16.6. The average Bonchev–Trinajstić information content (AvgIpc) is 3.78. The summed E-state index contributed by atoms with van der Waals surface area (Å²) in [5, 5.41) is 18.9. The van der Waals surface area contributed by atoms with Crippen molar-refractivity contribution in [3.63, 3.8) is 0 Å². The van der Waals surface area contributed by atoms with E-state index in [4.69, 9.17) is 9.40 Å². The minimum Gasteiger partial charge on any atom is -0.512 e. The van der Waals surface area contributed by atoms with Crippen LogP contribution in [0.2, 0.25) is 0 Å². The number of fused-ring (bicyclic) bond motifs is 5. The van der Waals surface area contributed by atoms with Gasteiger partial charge in [-0.15, -0.1) is 34.9 Å². The van der Waals surface area contributed by atoms with Gasteiger partial charge in [-0.2, -0.15) is 11.3 Å². The average molecular weight is 860 g/mol. The maximum absolute atomic E-state index is 12.2. The normalized spacial score (nSPS) is 12.8. The molecule has 0 bridgehead atoms. The molecule has 1 N–H and O–H groups in total.